The number of aromatic hydroxyl groups is 1. The molecule has 2 aromatic carbocycles. The number of benzene rings is 2. The van der Waals surface area contributed by atoms with Crippen molar-refractivity contribution >= 4 is 40.8 Å². The molecule has 0 atom stereocenters. The number of carbonyl (C=O) groups is 3. The second kappa shape index (κ2) is 8.18. The Labute approximate surface area is 165 Å². The molecule has 0 fully saturated rings. The molecule has 1 aliphatic heterocycles. The number of esters is 1. The SMILES string of the molecule is CCOc1cc(C(=O)OCC(=O)N2CC(=O)Nc3ccccc32)cc(Cl)c1O. The summed E-state index contributed by atoms with van der Waals surface area (Å²) >= 11 is 5.90. The van der Waals surface area contributed by atoms with Crippen LogP contribution >= 0.6 is 11.6 Å². The predicted octanol–water partition coefficient (Wildman–Crippen LogP) is 2.59. The number of hydrogen-bond donors (Lipinski definition) is 2. The Morgan fingerprint density at radius 1 is 1.29 bits per heavy atom. The average molecular weight is 405 g/mol. The third kappa shape index (κ3) is 4.01. The van der Waals surface area contributed by atoms with E-state index in [1.165, 1.54) is 17.0 Å². The first-order valence-electron chi connectivity index (χ1n) is 8.42. The van der Waals surface area contributed by atoms with Crippen LogP contribution in [0.15, 0.2) is 36.4 Å². The topological polar surface area (TPSA) is 105 Å². The Kier molecular flexibility index (Phi) is 5.70. The van der Waals surface area contributed by atoms with Gasteiger partial charge in [-0.05, 0) is 31.2 Å². The van der Waals surface area contributed by atoms with Gasteiger partial charge in [-0.1, -0.05) is 23.7 Å². The number of hydrogen-bond acceptors (Lipinski definition) is 6. The number of anilines is 2. The van der Waals surface area contributed by atoms with E-state index in [-0.39, 0.29) is 41.1 Å². The molecule has 9 heteroatoms. The summed E-state index contributed by atoms with van der Waals surface area (Å²) in [6.45, 7) is 1.23. The van der Waals surface area contributed by atoms with Crippen LogP contribution in [-0.4, -0.2) is 42.6 Å². The first kappa shape index (κ1) is 19.5. The van der Waals surface area contributed by atoms with Crippen LogP contribution in [0.2, 0.25) is 5.02 Å². The Bertz CT molecular complexity index is 946. The van der Waals surface area contributed by atoms with Gasteiger partial charge in [-0.15, -0.1) is 0 Å². The minimum absolute atomic E-state index is 0.0239. The first-order valence-corrected chi connectivity index (χ1v) is 8.80. The van der Waals surface area contributed by atoms with Gasteiger partial charge in [0.15, 0.2) is 18.1 Å². The predicted molar refractivity (Wildman–Crippen MR) is 102 cm³/mol. The highest BCUT2D eigenvalue weighted by atomic mass is 35.5. The van der Waals surface area contributed by atoms with E-state index >= 15 is 0 Å². The Hall–Kier alpha value is -3.26. The van der Waals surface area contributed by atoms with Crippen LogP contribution < -0.4 is 15.0 Å². The summed E-state index contributed by atoms with van der Waals surface area (Å²) in [6, 6.07) is 9.32. The zero-order valence-corrected chi connectivity index (χ0v) is 15.7. The largest absolute Gasteiger partial charge is 0.503 e. The molecule has 0 saturated heterocycles. The summed E-state index contributed by atoms with van der Waals surface area (Å²) in [4.78, 5) is 37.9. The standard InChI is InChI=1S/C19H17ClN2O6/c1-2-27-15-8-11(7-12(20)18(15)25)19(26)28-10-17(24)22-9-16(23)21-13-5-3-4-6-14(13)22/h3-8,25H,2,9-10H2,1H3,(H,21,23). The number of ether oxygens (including phenoxy) is 2. The summed E-state index contributed by atoms with van der Waals surface area (Å²) in [5.41, 5.74) is 1.05. The smallest absolute Gasteiger partial charge is 0.338 e. The van der Waals surface area contributed by atoms with Gasteiger partial charge < -0.3 is 19.9 Å². The van der Waals surface area contributed by atoms with Gasteiger partial charge in [-0.3, -0.25) is 14.5 Å². The van der Waals surface area contributed by atoms with Gasteiger partial charge >= 0.3 is 5.97 Å². The first-order chi connectivity index (χ1) is 13.4. The number of nitrogens with zero attached hydrogens (tertiary/aromatic N) is 1. The summed E-state index contributed by atoms with van der Waals surface area (Å²) < 4.78 is 10.3. The van der Waals surface area contributed by atoms with Gasteiger partial charge in [0.05, 0.1) is 28.6 Å². The molecule has 0 radical (unpaired) electrons. The van der Waals surface area contributed by atoms with E-state index in [0.29, 0.717) is 11.4 Å². The number of phenolic OH excluding ortho intramolecular Hbond substituents is 1. The Morgan fingerprint density at radius 2 is 2.04 bits per heavy atom. The lowest BCUT2D eigenvalue weighted by Crippen LogP contribution is -2.44. The minimum atomic E-state index is -0.814. The van der Waals surface area contributed by atoms with Crippen LogP contribution in [0.4, 0.5) is 11.4 Å². The third-order valence-corrected chi connectivity index (χ3v) is 4.25. The van der Waals surface area contributed by atoms with Crippen LogP contribution in [0.5, 0.6) is 11.5 Å². The maximum absolute atomic E-state index is 12.5. The lowest BCUT2D eigenvalue weighted by Gasteiger charge is -2.28. The zero-order valence-electron chi connectivity index (χ0n) is 14.9. The van der Waals surface area contributed by atoms with Gasteiger partial charge in [0.25, 0.3) is 5.91 Å². The van der Waals surface area contributed by atoms with Crippen molar-refractivity contribution in [3.05, 3.63) is 47.0 Å². The summed E-state index contributed by atoms with van der Waals surface area (Å²) in [5.74, 6) is -1.96. The van der Waals surface area contributed by atoms with Crippen molar-refractivity contribution in [2.24, 2.45) is 0 Å². The molecule has 2 aromatic rings. The number of nitrogens with one attached hydrogen (secondary N) is 1. The number of phenols is 1. The molecular weight excluding hydrogens is 388 g/mol. The Morgan fingerprint density at radius 3 is 2.79 bits per heavy atom. The fourth-order valence-corrected chi connectivity index (χ4v) is 2.91. The van der Waals surface area contributed by atoms with Crippen LogP contribution in [0.1, 0.15) is 17.3 Å². The van der Waals surface area contributed by atoms with Crippen LogP contribution in [0.3, 0.4) is 0 Å². The van der Waals surface area contributed by atoms with Crippen LogP contribution in [-0.2, 0) is 14.3 Å². The van der Waals surface area contributed by atoms with Crippen LogP contribution in [0, 0.1) is 0 Å². The van der Waals surface area contributed by atoms with E-state index in [9.17, 15) is 19.5 Å². The number of para-hydroxylation sites is 2. The molecule has 3 rings (SSSR count). The number of carbonyl (C=O) groups excluding carboxylic acids is 3. The van der Waals surface area contributed by atoms with E-state index in [0.717, 1.165) is 0 Å². The third-order valence-electron chi connectivity index (χ3n) is 3.96. The van der Waals surface area contributed by atoms with Crippen molar-refractivity contribution in [1.29, 1.82) is 0 Å². The maximum atomic E-state index is 12.5. The molecule has 0 bridgehead atoms. The number of fused-ring (bicyclic) bond motifs is 1. The second-order valence-electron chi connectivity index (χ2n) is 5.86. The molecule has 0 aromatic heterocycles. The zero-order chi connectivity index (χ0) is 20.3. The fourth-order valence-electron chi connectivity index (χ4n) is 2.70. The molecule has 2 amide bonds. The van der Waals surface area contributed by atoms with E-state index in [4.69, 9.17) is 21.1 Å². The van der Waals surface area contributed by atoms with Gasteiger partial charge in [-0.25, -0.2) is 4.79 Å². The molecule has 2 N–H and O–H groups in total. The van der Waals surface area contributed by atoms with Crippen molar-refractivity contribution in [3.63, 3.8) is 0 Å². The van der Waals surface area contributed by atoms with Gasteiger partial charge in [-0.2, -0.15) is 0 Å². The van der Waals surface area contributed by atoms with Crippen molar-refractivity contribution in [2.75, 3.05) is 30.0 Å². The molecule has 1 heterocycles. The molecule has 0 aliphatic carbocycles. The van der Waals surface area contributed by atoms with E-state index in [1.54, 1.807) is 31.2 Å². The normalized spacial score (nSPS) is 12.8. The molecule has 0 unspecified atom stereocenters. The second-order valence-corrected chi connectivity index (χ2v) is 6.27. The van der Waals surface area contributed by atoms with E-state index in [2.05, 4.69) is 5.32 Å². The lowest BCUT2D eigenvalue weighted by molar-refractivity contribution is -0.124. The fraction of sp³-hybridized carbons (Fsp3) is 0.211. The van der Waals surface area contributed by atoms with Gasteiger partial charge in [0.1, 0.15) is 6.54 Å². The van der Waals surface area contributed by atoms with Crippen molar-refractivity contribution < 1.29 is 29.0 Å². The molecular formula is C19H17ClN2O6. The highest BCUT2D eigenvalue weighted by molar-refractivity contribution is 6.32. The number of halogens is 1. The highest BCUT2D eigenvalue weighted by Gasteiger charge is 2.27. The number of rotatable bonds is 5. The quantitative estimate of drug-likeness (QED) is 0.742. The molecule has 8 nitrogen and oxygen atoms in total. The summed E-state index contributed by atoms with van der Waals surface area (Å²) in [7, 11) is 0. The van der Waals surface area contributed by atoms with Crippen molar-refractivity contribution in [2.45, 2.75) is 6.92 Å². The molecule has 0 saturated carbocycles. The highest BCUT2D eigenvalue weighted by Crippen LogP contribution is 2.35. The summed E-state index contributed by atoms with van der Waals surface area (Å²) in [6.07, 6.45) is 0. The summed E-state index contributed by atoms with van der Waals surface area (Å²) in [5, 5.41) is 12.4. The molecule has 1 aliphatic rings. The van der Waals surface area contributed by atoms with Crippen molar-refractivity contribution in [3.8, 4) is 11.5 Å². The van der Waals surface area contributed by atoms with Gasteiger partial charge in [0.2, 0.25) is 5.91 Å². The molecule has 0 spiro atoms. The van der Waals surface area contributed by atoms with Gasteiger partial charge in [0, 0.05) is 0 Å². The Balaban J connectivity index is 1.72. The monoisotopic (exact) mass is 404 g/mol. The average Bonchev–Trinajstić information content (AvgIpc) is 2.68. The molecule has 146 valence electrons. The van der Waals surface area contributed by atoms with Crippen LogP contribution in [0.25, 0.3) is 0 Å². The van der Waals surface area contributed by atoms with Crippen molar-refractivity contribution in [1.82, 2.24) is 0 Å². The maximum Gasteiger partial charge on any atom is 0.338 e. The minimum Gasteiger partial charge on any atom is -0.503 e. The lowest BCUT2D eigenvalue weighted by atomic mass is 10.2. The number of amides is 2. The molecule has 28 heavy (non-hydrogen) atoms. The van der Waals surface area contributed by atoms with E-state index < -0.39 is 18.5 Å². The van der Waals surface area contributed by atoms with E-state index in [1.807, 2.05) is 0 Å².